The van der Waals surface area contributed by atoms with E-state index in [1.807, 2.05) is 0 Å². The summed E-state index contributed by atoms with van der Waals surface area (Å²) < 4.78 is 32.7. The highest BCUT2D eigenvalue weighted by Gasteiger charge is 2.44. The summed E-state index contributed by atoms with van der Waals surface area (Å²) in [4.78, 5) is 29.6. The van der Waals surface area contributed by atoms with E-state index in [0.29, 0.717) is 24.4 Å². The number of hydrogen-bond acceptors (Lipinski definition) is 5. The van der Waals surface area contributed by atoms with Gasteiger partial charge >= 0.3 is 0 Å². The van der Waals surface area contributed by atoms with E-state index in [-0.39, 0.29) is 29.5 Å². The number of likely N-dealkylation sites (tertiary alicyclic amines) is 1. The monoisotopic (exact) mass is 428 g/mol. The maximum absolute atomic E-state index is 13.9. The first kappa shape index (κ1) is 21.0. The number of rotatable bonds is 5. The van der Waals surface area contributed by atoms with Crippen molar-refractivity contribution in [1.82, 2.24) is 4.90 Å². The number of imide groups is 1. The summed E-state index contributed by atoms with van der Waals surface area (Å²) in [6.07, 6.45) is 1.57. The molecule has 0 bridgehead atoms. The Labute approximate surface area is 178 Å². The van der Waals surface area contributed by atoms with E-state index in [1.54, 1.807) is 29.2 Å². The minimum Gasteiger partial charge on any atom is -0.496 e. The lowest BCUT2D eigenvalue weighted by Crippen LogP contribution is -2.40. The number of anilines is 1. The van der Waals surface area contributed by atoms with E-state index in [0.717, 1.165) is 29.9 Å². The summed E-state index contributed by atoms with van der Waals surface area (Å²) in [5.41, 5.74) is 0.713. The molecule has 2 aliphatic rings. The Morgan fingerprint density at radius 1 is 1.10 bits per heavy atom. The summed E-state index contributed by atoms with van der Waals surface area (Å²) in [6, 6.07) is 9.76. The molecule has 0 aliphatic carbocycles. The van der Waals surface area contributed by atoms with Crippen LogP contribution in [0.15, 0.2) is 48.2 Å². The van der Waals surface area contributed by atoms with Gasteiger partial charge in [0.25, 0.3) is 11.8 Å². The smallest absolute Gasteiger partial charge is 0.282 e. The molecule has 31 heavy (non-hydrogen) atoms. The molecular formula is C23H22F2N2O4. The van der Waals surface area contributed by atoms with E-state index in [9.17, 15) is 23.5 Å². The van der Waals surface area contributed by atoms with Crippen LogP contribution in [-0.2, 0) is 9.59 Å². The third-order valence-corrected chi connectivity index (χ3v) is 5.69. The molecule has 1 unspecified atom stereocenters. The molecule has 4 rings (SSSR count). The van der Waals surface area contributed by atoms with Crippen LogP contribution >= 0.6 is 0 Å². The van der Waals surface area contributed by atoms with Crippen LogP contribution in [-0.4, -0.2) is 48.6 Å². The van der Waals surface area contributed by atoms with Gasteiger partial charge in [0, 0.05) is 31.3 Å². The molecule has 2 aliphatic heterocycles. The number of amides is 2. The number of piperidine rings is 1. The van der Waals surface area contributed by atoms with E-state index in [1.165, 1.54) is 13.2 Å². The van der Waals surface area contributed by atoms with Crippen LogP contribution in [0.3, 0.4) is 0 Å². The predicted octanol–water partition coefficient (Wildman–Crippen LogP) is 2.96. The topological polar surface area (TPSA) is 70.1 Å². The summed E-state index contributed by atoms with van der Waals surface area (Å²) in [6.45, 7) is 0.924. The molecule has 0 radical (unpaired) electrons. The van der Waals surface area contributed by atoms with Gasteiger partial charge in [-0.1, -0.05) is 18.2 Å². The van der Waals surface area contributed by atoms with Crippen LogP contribution in [0.5, 0.6) is 5.75 Å². The maximum atomic E-state index is 13.9. The highest BCUT2D eigenvalue weighted by Crippen LogP contribution is 2.39. The van der Waals surface area contributed by atoms with Gasteiger partial charge in [0.05, 0.1) is 18.4 Å². The number of halogens is 2. The van der Waals surface area contributed by atoms with Crippen LogP contribution in [0.25, 0.3) is 5.57 Å². The first-order valence-electron chi connectivity index (χ1n) is 10.0. The molecule has 0 saturated carbocycles. The van der Waals surface area contributed by atoms with Gasteiger partial charge in [0.15, 0.2) is 11.6 Å². The third kappa shape index (κ3) is 3.67. The number of benzene rings is 2. The maximum Gasteiger partial charge on any atom is 0.282 e. The van der Waals surface area contributed by atoms with Gasteiger partial charge in [-0.2, -0.15) is 0 Å². The fourth-order valence-electron chi connectivity index (χ4n) is 4.18. The predicted molar refractivity (Wildman–Crippen MR) is 110 cm³/mol. The number of carbonyl (C=O) groups is 2. The van der Waals surface area contributed by atoms with E-state index < -0.39 is 23.4 Å². The van der Waals surface area contributed by atoms with Crippen LogP contribution in [0.1, 0.15) is 18.4 Å². The van der Waals surface area contributed by atoms with Crippen LogP contribution in [0.4, 0.5) is 14.5 Å². The molecule has 1 fully saturated rings. The zero-order valence-electron chi connectivity index (χ0n) is 17.0. The standard InChI is InChI=1S/C23H22F2N2O4/c1-31-19-7-3-2-6-16(19)20-21(26-10-4-5-14(12-26)13-28)23(30)27(22(20)29)15-8-9-17(24)18(25)11-15/h2-3,6-9,11,14,28H,4-5,10,12-13H2,1H3. The second kappa shape index (κ2) is 8.47. The lowest BCUT2D eigenvalue weighted by molar-refractivity contribution is -0.120. The Hall–Kier alpha value is -3.26. The van der Waals surface area contributed by atoms with Crippen molar-refractivity contribution < 1.29 is 28.2 Å². The van der Waals surface area contributed by atoms with Crippen molar-refractivity contribution in [2.75, 3.05) is 31.7 Å². The normalized spacial score (nSPS) is 19.4. The van der Waals surface area contributed by atoms with Gasteiger partial charge in [0.1, 0.15) is 11.4 Å². The molecule has 1 atom stereocenters. The van der Waals surface area contributed by atoms with Crippen molar-refractivity contribution in [3.63, 3.8) is 0 Å². The molecule has 2 heterocycles. The second-order valence-electron chi connectivity index (χ2n) is 7.60. The Kier molecular flexibility index (Phi) is 5.73. The number of carbonyl (C=O) groups excluding carboxylic acids is 2. The Morgan fingerprint density at radius 3 is 2.58 bits per heavy atom. The van der Waals surface area contributed by atoms with Gasteiger partial charge in [-0.05, 0) is 37.0 Å². The summed E-state index contributed by atoms with van der Waals surface area (Å²) >= 11 is 0. The molecule has 2 aromatic rings. The van der Waals surface area contributed by atoms with Crippen molar-refractivity contribution in [3.8, 4) is 5.75 Å². The van der Waals surface area contributed by atoms with Gasteiger partial charge < -0.3 is 14.7 Å². The molecule has 8 heteroatoms. The molecule has 2 amide bonds. The fourth-order valence-corrected chi connectivity index (χ4v) is 4.18. The number of methoxy groups -OCH3 is 1. The highest BCUT2D eigenvalue weighted by molar-refractivity contribution is 6.45. The number of para-hydroxylation sites is 1. The summed E-state index contributed by atoms with van der Waals surface area (Å²) in [5.74, 6) is -3.08. The van der Waals surface area contributed by atoms with Crippen LogP contribution in [0, 0.1) is 17.6 Å². The largest absolute Gasteiger partial charge is 0.496 e. The molecular weight excluding hydrogens is 406 g/mol. The number of aliphatic hydroxyl groups excluding tert-OH is 1. The number of hydrogen-bond donors (Lipinski definition) is 1. The highest BCUT2D eigenvalue weighted by atomic mass is 19.2. The fraction of sp³-hybridized carbons (Fsp3) is 0.304. The van der Waals surface area contributed by atoms with Gasteiger partial charge in [0.2, 0.25) is 0 Å². The summed E-state index contributed by atoms with van der Waals surface area (Å²) in [5, 5.41) is 9.62. The summed E-state index contributed by atoms with van der Waals surface area (Å²) in [7, 11) is 1.47. The lowest BCUT2D eigenvalue weighted by Gasteiger charge is -2.34. The second-order valence-corrected chi connectivity index (χ2v) is 7.60. The third-order valence-electron chi connectivity index (χ3n) is 5.69. The first-order chi connectivity index (χ1) is 15.0. The first-order valence-corrected chi connectivity index (χ1v) is 10.0. The van der Waals surface area contributed by atoms with E-state index >= 15 is 0 Å². The number of ether oxygens (including phenoxy) is 1. The Balaban J connectivity index is 1.86. The Morgan fingerprint density at radius 2 is 1.87 bits per heavy atom. The molecule has 1 saturated heterocycles. The molecule has 0 aromatic heterocycles. The lowest BCUT2D eigenvalue weighted by atomic mass is 9.96. The molecule has 2 aromatic carbocycles. The molecule has 6 nitrogen and oxygen atoms in total. The average molecular weight is 428 g/mol. The zero-order chi connectivity index (χ0) is 22.1. The van der Waals surface area contributed by atoms with E-state index in [4.69, 9.17) is 4.74 Å². The quantitative estimate of drug-likeness (QED) is 0.742. The van der Waals surface area contributed by atoms with Crippen molar-refractivity contribution in [1.29, 1.82) is 0 Å². The number of aliphatic hydroxyl groups is 1. The zero-order valence-corrected chi connectivity index (χ0v) is 17.0. The number of nitrogens with zero attached hydrogens (tertiary/aromatic N) is 2. The van der Waals surface area contributed by atoms with Crippen molar-refractivity contribution in [2.24, 2.45) is 5.92 Å². The van der Waals surface area contributed by atoms with Crippen LogP contribution < -0.4 is 9.64 Å². The SMILES string of the molecule is COc1ccccc1C1=C(N2CCCC(CO)C2)C(=O)N(c2ccc(F)c(F)c2)C1=O. The molecule has 0 spiro atoms. The average Bonchev–Trinajstić information content (AvgIpc) is 3.05. The van der Waals surface area contributed by atoms with Gasteiger partial charge in [-0.15, -0.1) is 0 Å². The van der Waals surface area contributed by atoms with E-state index in [2.05, 4.69) is 0 Å². The van der Waals surface area contributed by atoms with Crippen molar-refractivity contribution in [3.05, 3.63) is 65.4 Å². The molecule has 1 N–H and O–H groups in total. The van der Waals surface area contributed by atoms with Gasteiger partial charge in [-0.3, -0.25) is 9.59 Å². The molecule has 162 valence electrons. The van der Waals surface area contributed by atoms with Gasteiger partial charge in [-0.25, -0.2) is 13.7 Å². The van der Waals surface area contributed by atoms with Crippen molar-refractivity contribution in [2.45, 2.75) is 12.8 Å². The van der Waals surface area contributed by atoms with Crippen molar-refractivity contribution >= 4 is 23.1 Å². The minimum absolute atomic E-state index is 0.0250. The Bertz CT molecular complexity index is 1070. The minimum atomic E-state index is -1.15. The van der Waals surface area contributed by atoms with Crippen LogP contribution in [0.2, 0.25) is 0 Å².